The smallest absolute Gasteiger partial charge is 0.242 e. The molecule has 0 radical (unpaired) electrons. The van der Waals surface area contributed by atoms with Gasteiger partial charge in [0.05, 0.1) is 5.02 Å². The molecule has 106 valence electrons. The third-order valence-electron chi connectivity index (χ3n) is 2.62. The Kier molecular flexibility index (Phi) is 4.55. The molecule has 4 nitrogen and oxygen atoms in total. The number of benzene rings is 2. The minimum atomic E-state index is -3.72. The van der Waals surface area contributed by atoms with E-state index in [0.29, 0.717) is 10.7 Å². The van der Waals surface area contributed by atoms with E-state index in [-0.39, 0.29) is 16.5 Å². The van der Waals surface area contributed by atoms with Crippen LogP contribution in [-0.4, -0.2) is 8.42 Å². The third-order valence-corrected chi connectivity index (χ3v) is 4.76. The zero-order valence-electron chi connectivity index (χ0n) is 10.3. The quantitative estimate of drug-likeness (QED) is 0.846. The minimum Gasteiger partial charge on any atom is -0.399 e. The molecule has 0 fully saturated rings. The molecule has 0 atom stereocenters. The second kappa shape index (κ2) is 6.01. The van der Waals surface area contributed by atoms with Crippen LogP contribution in [0.3, 0.4) is 0 Å². The van der Waals surface area contributed by atoms with E-state index in [4.69, 9.17) is 28.9 Å². The van der Waals surface area contributed by atoms with Crippen molar-refractivity contribution in [1.82, 2.24) is 4.72 Å². The Balaban J connectivity index is 2.19. The molecule has 2 aromatic rings. The van der Waals surface area contributed by atoms with Gasteiger partial charge in [-0.1, -0.05) is 35.3 Å². The molecule has 2 aromatic carbocycles. The summed E-state index contributed by atoms with van der Waals surface area (Å²) >= 11 is 11.7. The van der Waals surface area contributed by atoms with Gasteiger partial charge in [0.15, 0.2) is 0 Å². The van der Waals surface area contributed by atoms with E-state index in [0.717, 1.165) is 5.56 Å². The zero-order chi connectivity index (χ0) is 14.8. The lowest BCUT2D eigenvalue weighted by Crippen LogP contribution is -2.23. The van der Waals surface area contributed by atoms with Crippen LogP contribution in [0.5, 0.6) is 0 Å². The van der Waals surface area contributed by atoms with Gasteiger partial charge in [0, 0.05) is 17.3 Å². The topological polar surface area (TPSA) is 72.2 Å². The Labute approximate surface area is 127 Å². The van der Waals surface area contributed by atoms with Gasteiger partial charge in [-0.3, -0.25) is 0 Å². The highest BCUT2D eigenvalue weighted by Crippen LogP contribution is 2.23. The van der Waals surface area contributed by atoms with Crippen LogP contribution in [0, 0.1) is 0 Å². The van der Waals surface area contributed by atoms with E-state index in [1.165, 1.54) is 12.1 Å². The SMILES string of the molecule is Nc1ccc(Cl)c(S(=O)(=O)NCc2ccc(Cl)cc2)c1. The van der Waals surface area contributed by atoms with Crippen molar-refractivity contribution in [1.29, 1.82) is 0 Å². The number of sulfonamides is 1. The molecular formula is C13H12Cl2N2O2S. The summed E-state index contributed by atoms with van der Waals surface area (Å²) in [7, 11) is -3.72. The second-order valence-electron chi connectivity index (χ2n) is 4.14. The van der Waals surface area contributed by atoms with Crippen molar-refractivity contribution in [2.24, 2.45) is 0 Å². The number of nitrogen functional groups attached to an aromatic ring is 1. The van der Waals surface area contributed by atoms with Crippen molar-refractivity contribution < 1.29 is 8.42 Å². The van der Waals surface area contributed by atoms with Crippen LogP contribution >= 0.6 is 23.2 Å². The molecule has 0 heterocycles. The average Bonchev–Trinajstić information content (AvgIpc) is 2.41. The predicted octanol–water partition coefficient (Wildman–Crippen LogP) is 3.05. The molecule has 0 aliphatic rings. The molecule has 0 unspecified atom stereocenters. The molecule has 0 amide bonds. The summed E-state index contributed by atoms with van der Waals surface area (Å²) in [5.41, 5.74) is 6.71. The average molecular weight is 331 g/mol. The first-order chi connectivity index (χ1) is 9.38. The van der Waals surface area contributed by atoms with E-state index >= 15 is 0 Å². The Hall–Kier alpha value is -1.27. The molecular weight excluding hydrogens is 319 g/mol. The van der Waals surface area contributed by atoms with Gasteiger partial charge in [0.2, 0.25) is 10.0 Å². The largest absolute Gasteiger partial charge is 0.399 e. The first kappa shape index (κ1) is 15.1. The molecule has 7 heteroatoms. The number of halogens is 2. The first-order valence-electron chi connectivity index (χ1n) is 5.67. The summed E-state index contributed by atoms with van der Waals surface area (Å²) in [5, 5.41) is 0.721. The number of rotatable bonds is 4. The molecule has 2 rings (SSSR count). The van der Waals surface area contributed by atoms with Crippen molar-refractivity contribution >= 4 is 38.9 Å². The van der Waals surface area contributed by atoms with Gasteiger partial charge in [-0.2, -0.15) is 0 Å². The van der Waals surface area contributed by atoms with Gasteiger partial charge in [0.1, 0.15) is 4.90 Å². The van der Waals surface area contributed by atoms with Crippen molar-refractivity contribution in [2.75, 3.05) is 5.73 Å². The van der Waals surface area contributed by atoms with Crippen LogP contribution in [0.15, 0.2) is 47.4 Å². The van der Waals surface area contributed by atoms with Crippen LogP contribution in [0.1, 0.15) is 5.56 Å². The van der Waals surface area contributed by atoms with Gasteiger partial charge in [0.25, 0.3) is 0 Å². The lowest BCUT2D eigenvalue weighted by atomic mass is 10.2. The number of hydrogen-bond acceptors (Lipinski definition) is 3. The monoisotopic (exact) mass is 330 g/mol. The first-order valence-corrected chi connectivity index (χ1v) is 7.91. The maximum Gasteiger partial charge on any atom is 0.242 e. The van der Waals surface area contributed by atoms with E-state index in [1.54, 1.807) is 30.3 Å². The van der Waals surface area contributed by atoms with Crippen LogP contribution in [-0.2, 0) is 16.6 Å². The zero-order valence-corrected chi connectivity index (χ0v) is 12.6. The van der Waals surface area contributed by atoms with Crippen LogP contribution < -0.4 is 10.5 Å². The molecule has 20 heavy (non-hydrogen) atoms. The van der Waals surface area contributed by atoms with E-state index in [1.807, 2.05) is 0 Å². The van der Waals surface area contributed by atoms with E-state index in [9.17, 15) is 8.42 Å². The van der Waals surface area contributed by atoms with E-state index in [2.05, 4.69) is 4.72 Å². The Morgan fingerprint density at radius 1 is 1.05 bits per heavy atom. The Bertz CT molecular complexity index is 716. The lowest BCUT2D eigenvalue weighted by molar-refractivity contribution is 0.581. The van der Waals surface area contributed by atoms with Gasteiger partial charge < -0.3 is 5.73 Å². The van der Waals surface area contributed by atoms with Gasteiger partial charge >= 0.3 is 0 Å². The van der Waals surface area contributed by atoms with Gasteiger partial charge in [-0.05, 0) is 35.9 Å². The second-order valence-corrected chi connectivity index (χ2v) is 6.72. The Morgan fingerprint density at radius 2 is 1.70 bits per heavy atom. The summed E-state index contributed by atoms with van der Waals surface area (Å²) in [6, 6.07) is 11.2. The fraction of sp³-hybridized carbons (Fsp3) is 0.0769. The maximum absolute atomic E-state index is 12.2. The van der Waals surface area contributed by atoms with Crippen LogP contribution in [0.2, 0.25) is 10.0 Å². The molecule has 0 bridgehead atoms. The minimum absolute atomic E-state index is 0.0341. The molecule has 0 spiro atoms. The Morgan fingerprint density at radius 3 is 2.35 bits per heavy atom. The number of hydrogen-bond donors (Lipinski definition) is 2. The van der Waals surface area contributed by atoms with Crippen molar-refractivity contribution in [2.45, 2.75) is 11.4 Å². The standard InChI is InChI=1S/C13H12Cl2N2O2S/c14-10-3-1-9(2-4-10)8-17-20(18,19)13-7-11(16)5-6-12(13)15/h1-7,17H,8,16H2. The predicted molar refractivity (Wildman–Crippen MR) is 81.3 cm³/mol. The number of nitrogens with two attached hydrogens (primary N) is 1. The summed E-state index contributed by atoms with van der Waals surface area (Å²) < 4.78 is 26.8. The summed E-state index contributed by atoms with van der Waals surface area (Å²) in [6.07, 6.45) is 0. The highest BCUT2D eigenvalue weighted by atomic mass is 35.5. The molecule has 0 saturated carbocycles. The van der Waals surface area contributed by atoms with Crippen LogP contribution in [0.25, 0.3) is 0 Å². The molecule has 3 N–H and O–H groups in total. The highest BCUT2D eigenvalue weighted by molar-refractivity contribution is 7.89. The lowest BCUT2D eigenvalue weighted by Gasteiger charge is -2.09. The van der Waals surface area contributed by atoms with Crippen molar-refractivity contribution in [3.05, 3.63) is 58.1 Å². The van der Waals surface area contributed by atoms with Crippen molar-refractivity contribution in [3.8, 4) is 0 Å². The summed E-state index contributed by atoms with van der Waals surface area (Å²) in [4.78, 5) is -0.0341. The maximum atomic E-state index is 12.2. The normalized spacial score (nSPS) is 11.5. The highest BCUT2D eigenvalue weighted by Gasteiger charge is 2.17. The summed E-state index contributed by atoms with van der Waals surface area (Å²) in [5.74, 6) is 0. The van der Waals surface area contributed by atoms with Crippen LogP contribution in [0.4, 0.5) is 5.69 Å². The molecule has 0 aromatic heterocycles. The fourth-order valence-electron chi connectivity index (χ4n) is 1.58. The fourth-order valence-corrected chi connectivity index (χ4v) is 3.26. The van der Waals surface area contributed by atoms with Gasteiger partial charge in [-0.15, -0.1) is 0 Å². The number of nitrogens with one attached hydrogen (secondary N) is 1. The summed E-state index contributed by atoms with van der Waals surface area (Å²) in [6.45, 7) is 0.143. The van der Waals surface area contributed by atoms with Gasteiger partial charge in [-0.25, -0.2) is 13.1 Å². The molecule has 0 saturated heterocycles. The molecule has 0 aliphatic heterocycles. The molecule has 0 aliphatic carbocycles. The van der Waals surface area contributed by atoms with E-state index < -0.39 is 10.0 Å². The third kappa shape index (κ3) is 3.64. The number of anilines is 1. The van der Waals surface area contributed by atoms with Crippen molar-refractivity contribution in [3.63, 3.8) is 0 Å².